The Morgan fingerprint density at radius 1 is 1.32 bits per heavy atom. The third-order valence-electron chi connectivity index (χ3n) is 2.52. The number of amides is 1. The van der Waals surface area contributed by atoms with Crippen molar-refractivity contribution in [2.45, 2.75) is 18.7 Å². The molecule has 0 aliphatic carbocycles. The van der Waals surface area contributed by atoms with Crippen LogP contribution in [0.2, 0.25) is 0 Å². The molecule has 8 heteroatoms. The summed E-state index contributed by atoms with van der Waals surface area (Å²) in [6.07, 6.45) is -6.71. The highest BCUT2D eigenvalue weighted by atomic mass is 19.4. The van der Waals surface area contributed by atoms with Crippen LogP contribution in [0.3, 0.4) is 0 Å². The van der Waals surface area contributed by atoms with Crippen LogP contribution in [0.15, 0.2) is 24.3 Å². The highest BCUT2D eigenvalue weighted by Crippen LogP contribution is 2.21. The molecule has 1 aromatic rings. The molecule has 22 heavy (non-hydrogen) atoms. The van der Waals surface area contributed by atoms with Gasteiger partial charge in [-0.3, -0.25) is 4.79 Å². The Hall–Kier alpha value is -1.80. The lowest BCUT2D eigenvalue weighted by atomic mass is 10.3. The molecule has 1 unspecified atom stereocenters. The second-order valence-electron chi connectivity index (χ2n) is 5.09. The number of alkyl halides is 3. The zero-order valence-electron chi connectivity index (χ0n) is 12.4. The van der Waals surface area contributed by atoms with Crippen molar-refractivity contribution >= 4 is 11.6 Å². The number of likely N-dealkylation sites (N-methyl/N-ethyl adjacent to an activating group) is 1. The minimum Gasteiger partial charge on any atom is -0.491 e. The minimum absolute atomic E-state index is 0.0952. The third-order valence-corrected chi connectivity index (χ3v) is 2.52. The van der Waals surface area contributed by atoms with Crippen LogP contribution in [0.25, 0.3) is 0 Å². The summed E-state index contributed by atoms with van der Waals surface area (Å²) in [5.74, 6) is -0.672. The number of ether oxygens (including phenoxy) is 1. The van der Waals surface area contributed by atoms with Crippen molar-refractivity contribution in [2.75, 3.05) is 32.6 Å². The lowest BCUT2D eigenvalue weighted by Crippen LogP contribution is -2.30. The standard InChI is InChI=1S/C14H19F3N2O3/c1-19(2)8-11(20)9-22-12-5-3-10(4-6-12)18-13(21)7-14(15,16)17/h3-6,11,20H,7-9H2,1-2H3,(H,18,21). The van der Waals surface area contributed by atoms with Crippen LogP contribution < -0.4 is 10.1 Å². The van der Waals surface area contributed by atoms with E-state index >= 15 is 0 Å². The van der Waals surface area contributed by atoms with Crippen LogP contribution in [0.1, 0.15) is 6.42 Å². The fraction of sp³-hybridized carbons (Fsp3) is 0.500. The van der Waals surface area contributed by atoms with Crippen molar-refractivity contribution < 1.29 is 27.8 Å². The van der Waals surface area contributed by atoms with Gasteiger partial charge >= 0.3 is 6.18 Å². The summed E-state index contributed by atoms with van der Waals surface area (Å²) in [6.45, 7) is 0.545. The van der Waals surface area contributed by atoms with Gasteiger partial charge in [0.2, 0.25) is 5.91 Å². The van der Waals surface area contributed by atoms with Gasteiger partial charge in [-0.05, 0) is 38.4 Å². The maximum absolute atomic E-state index is 12.0. The smallest absolute Gasteiger partial charge is 0.397 e. The number of rotatable bonds is 7. The van der Waals surface area contributed by atoms with Gasteiger partial charge in [0.05, 0.1) is 0 Å². The van der Waals surface area contributed by atoms with Crippen LogP contribution in [0, 0.1) is 0 Å². The maximum Gasteiger partial charge on any atom is 0.397 e. The van der Waals surface area contributed by atoms with Crippen LogP contribution in [0.4, 0.5) is 18.9 Å². The first-order chi connectivity index (χ1) is 10.2. The zero-order valence-corrected chi connectivity index (χ0v) is 12.4. The topological polar surface area (TPSA) is 61.8 Å². The van der Waals surface area contributed by atoms with Crippen LogP contribution in [-0.2, 0) is 4.79 Å². The van der Waals surface area contributed by atoms with E-state index in [1.807, 2.05) is 19.0 Å². The van der Waals surface area contributed by atoms with Gasteiger partial charge in [0.15, 0.2) is 0 Å². The van der Waals surface area contributed by atoms with Crippen molar-refractivity contribution in [1.29, 1.82) is 0 Å². The van der Waals surface area contributed by atoms with Gasteiger partial charge < -0.3 is 20.1 Å². The Bertz CT molecular complexity index is 475. The summed E-state index contributed by atoms with van der Waals surface area (Å²) >= 11 is 0. The molecule has 1 aromatic carbocycles. The van der Waals surface area contributed by atoms with E-state index in [-0.39, 0.29) is 12.3 Å². The van der Waals surface area contributed by atoms with Crippen molar-refractivity contribution in [3.63, 3.8) is 0 Å². The Labute approximate surface area is 126 Å². The molecule has 0 fully saturated rings. The number of hydrogen-bond acceptors (Lipinski definition) is 4. The van der Waals surface area contributed by atoms with Gasteiger partial charge in [0.25, 0.3) is 0 Å². The van der Waals surface area contributed by atoms with Crippen molar-refractivity contribution in [2.24, 2.45) is 0 Å². The molecule has 0 saturated heterocycles. The second kappa shape index (κ2) is 8.00. The molecular weight excluding hydrogens is 301 g/mol. The number of anilines is 1. The van der Waals surface area contributed by atoms with E-state index in [2.05, 4.69) is 5.32 Å². The lowest BCUT2D eigenvalue weighted by molar-refractivity contribution is -0.150. The first-order valence-corrected chi connectivity index (χ1v) is 6.58. The van der Waals surface area contributed by atoms with E-state index in [9.17, 15) is 23.1 Å². The predicted octanol–water partition coefficient (Wildman–Crippen LogP) is 1.88. The lowest BCUT2D eigenvalue weighted by Gasteiger charge is -2.16. The number of benzene rings is 1. The largest absolute Gasteiger partial charge is 0.491 e. The highest BCUT2D eigenvalue weighted by molar-refractivity contribution is 5.91. The number of aliphatic hydroxyl groups is 1. The van der Waals surface area contributed by atoms with Gasteiger partial charge in [-0.15, -0.1) is 0 Å². The molecule has 0 bridgehead atoms. The molecule has 124 valence electrons. The van der Waals surface area contributed by atoms with Crippen LogP contribution >= 0.6 is 0 Å². The van der Waals surface area contributed by atoms with Gasteiger partial charge in [-0.25, -0.2) is 0 Å². The van der Waals surface area contributed by atoms with E-state index in [4.69, 9.17) is 4.74 Å². The summed E-state index contributed by atoms with van der Waals surface area (Å²) < 4.78 is 41.4. The summed E-state index contributed by atoms with van der Waals surface area (Å²) in [7, 11) is 3.64. The molecule has 1 amide bonds. The first-order valence-electron chi connectivity index (χ1n) is 6.58. The number of nitrogens with zero attached hydrogens (tertiary/aromatic N) is 1. The molecule has 0 saturated carbocycles. The Kier molecular flexibility index (Phi) is 6.63. The Balaban J connectivity index is 2.44. The molecular formula is C14H19F3N2O3. The normalized spacial score (nSPS) is 13.0. The summed E-state index contributed by atoms with van der Waals surface area (Å²) in [5.41, 5.74) is 0.246. The van der Waals surface area contributed by atoms with Crippen LogP contribution in [0.5, 0.6) is 5.75 Å². The van der Waals surface area contributed by atoms with Gasteiger partial charge in [-0.1, -0.05) is 0 Å². The fourth-order valence-electron chi connectivity index (χ4n) is 1.69. The van der Waals surface area contributed by atoms with Gasteiger partial charge in [0, 0.05) is 12.2 Å². The molecule has 2 N–H and O–H groups in total. The maximum atomic E-state index is 12.0. The minimum atomic E-state index is -4.53. The SMILES string of the molecule is CN(C)CC(O)COc1ccc(NC(=O)CC(F)(F)F)cc1. The molecule has 0 spiro atoms. The zero-order chi connectivity index (χ0) is 16.8. The van der Waals surface area contributed by atoms with E-state index < -0.39 is 24.6 Å². The molecule has 0 aliphatic rings. The third kappa shape index (κ3) is 7.84. The predicted molar refractivity (Wildman–Crippen MR) is 75.8 cm³/mol. The molecule has 1 rings (SSSR count). The van der Waals surface area contributed by atoms with E-state index in [0.29, 0.717) is 12.3 Å². The summed E-state index contributed by atoms with van der Waals surface area (Å²) in [4.78, 5) is 12.9. The number of hydrogen-bond donors (Lipinski definition) is 2. The molecule has 0 aromatic heterocycles. The second-order valence-corrected chi connectivity index (χ2v) is 5.09. The summed E-state index contributed by atoms with van der Waals surface area (Å²) in [6, 6.07) is 5.88. The van der Waals surface area contributed by atoms with Crippen molar-refractivity contribution in [1.82, 2.24) is 4.90 Å². The molecule has 0 heterocycles. The fourth-order valence-corrected chi connectivity index (χ4v) is 1.69. The van der Waals surface area contributed by atoms with E-state index in [0.717, 1.165) is 0 Å². The van der Waals surface area contributed by atoms with Gasteiger partial charge in [-0.2, -0.15) is 13.2 Å². The average Bonchev–Trinajstić information content (AvgIpc) is 2.34. The first kappa shape index (κ1) is 18.2. The molecule has 5 nitrogen and oxygen atoms in total. The highest BCUT2D eigenvalue weighted by Gasteiger charge is 2.31. The summed E-state index contributed by atoms with van der Waals surface area (Å²) in [5, 5.41) is 11.8. The molecule has 0 aliphatic heterocycles. The monoisotopic (exact) mass is 320 g/mol. The number of nitrogens with one attached hydrogen (secondary N) is 1. The molecule has 1 atom stereocenters. The number of aliphatic hydroxyl groups excluding tert-OH is 1. The Morgan fingerprint density at radius 2 is 1.91 bits per heavy atom. The van der Waals surface area contributed by atoms with E-state index in [1.54, 1.807) is 0 Å². The number of carbonyl (C=O) groups excluding carboxylic acids is 1. The van der Waals surface area contributed by atoms with Gasteiger partial charge in [0.1, 0.15) is 24.9 Å². The number of halogens is 3. The van der Waals surface area contributed by atoms with E-state index in [1.165, 1.54) is 24.3 Å². The van der Waals surface area contributed by atoms with Crippen LogP contribution in [-0.4, -0.2) is 55.4 Å². The Morgan fingerprint density at radius 3 is 2.41 bits per heavy atom. The molecule has 0 radical (unpaired) electrons. The van der Waals surface area contributed by atoms with Crippen molar-refractivity contribution in [3.05, 3.63) is 24.3 Å². The van der Waals surface area contributed by atoms with Crippen molar-refractivity contribution in [3.8, 4) is 5.75 Å². The average molecular weight is 320 g/mol. The number of carbonyl (C=O) groups is 1. The quantitative estimate of drug-likeness (QED) is 0.805.